The van der Waals surface area contributed by atoms with Crippen LogP contribution in [-0.2, 0) is 4.74 Å². The first-order chi connectivity index (χ1) is 6.51. The standard InChI is InChI=1S/C12H25NO/c1-5-8-14-11-9-13(10-11)7-6-12(2,3)4/h11H,5-10H2,1-4H3. The van der Waals surface area contributed by atoms with Crippen LogP contribution >= 0.6 is 0 Å². The summed E-state index contributed by atoms with van der Waals surface area (Å²) in [6.45, 7) is 13.5. The molecule has 84 valence electrons. The van der Waals surface area contributed by atoms with Crippen molar-refractivity contribution in [2.24, 2.45) is 5.41 Å². The lowest BCUT2D eigenvalue weighted by atomic mass is 9.91. The lowest BCUT2D eigenvalue weighted by Crippen LogP contribution is -2.52. The zero-order valence-electron chi connectivity index (χ0n) is 10.2. The van der Waals surface area contributed by atoms with Crippen molar-refractivity contribution in [1.82, 2.24) is 4.90 Å². The van der Waals surface area contributed by atoms with Gasteiger partial charge in [0.1, 0.15) is 0 Å². The Morgan fingerprint density at radius 2 is 1.93 bits per heavy atom. The number of nitrogens with zero attached hydrogens (tertiary/aromatic N) is 1. The molecule has 1 fully saturated rings. The molecule has 0 radical (unpaired) electrons. The van der Waals surface area contributed by atoms with Gasteiger partial charge >= 0.3 is 0 Å². The van der Waals surface area contributed by atoms with E-state index >= 15 is 0 Å². The predicted octanol–water partition coefficient (Wildman–Crippen LogP) is 2.53. The summed E-state index contributed by atoms with van der Waals surface area (Å²) >= 11 is 0. The Morgan fingerprint density at radius 1 is 1.29 bits per heavy atom. The summed E-state index contributed by atoms with van der Waals surface area (Å²) in [6, 6.07) is 0. The third-order valence-corrected chi connectivity index (χ3v) is 2.66. The second-order valence-corrected chi connectivity index (χ2v) is 5.56. The predicted molar refractivity (Wildman–Crippen MR) is 60.5 cm³/mol. The van der Waals surface area contributed by atoms with E-state index in [1.807, 2.05) is 0 Å². The minimum absolute atomic E-state index is 0.468. The first-order valence-corrected chi connectivity index (χ1v) is 5.85. The van der Waals surface area contributed by atoms with Crippen LogP contribution in [0.25, 0.3) is 0 Å². The fourth-order valence-corrected chi connectivity index (χ4v) is 1.59. The molecule has 1 rings (SSSR count). The van der Waals surface area contributed by atoms with E-state index in [1.54, 1.807) is 0 Å². The average molecular weight is 199 g/mol. The van der Waals surface area contributed by atoms with Crippen LogP contribution in [-0.4, -0.2) is 37.2 Å². The Hall–Kier alpha value is -0.0800. The van der Waals surface area contributed by atoms with Crippen LogP contribution in [0.1, 0.15) is 40.5 Å². The molecule has 1 heterocycles. The van der Waals surface area contributed by atoms with Crippen LogP contribution < -0.4 is 0 Å². The van der Waals surface area contributed by atoms with Gasteiger partial charge in [0.15, 0.2) is 0 Å². The van der Waals surface area contributed by atoms with Gasteiger partial charge in [0.25, 0.3) is 0 Å². The van der Waals surface area contributed by atoms with E-state index in [1.165, 1.54) is 13.0 Å². The zero-order chi connectivity index (χ0) is 10.6. The molecular weight excluding hydrogens is 174 g/mol. The average Bonchev–Trinajstić information content (AvgIpc) is 1.99. The minimum atomic E-state index is 0.468. The Kier molecular flexibility index (Phi) is 4.39. The molecule has 0 unspecified atom stereocenters. The molecule has 0 saturated carbocycles. The topological polar surface area (TPSA) is 12.5 Å². The highest BCUT2D eigenvalue weighted by Gasteiger charge is 2.27. The van der Waals surface area contributed by atoms with Gasteiger partial charge in [-0.1, -0.05) is 27.7 Å². The summed E-state index contributed by atoms with van der Waals surface area (Å²) < 4.78 is 5.65. The van der Waals surface area contributed by atoms with Crippen molar-refractivity contribution in [2.45, 2.75) is 46.6 Å². The lowest BCUT2D eigenvalue weighted by Gasteiger charge is -2.40. The third-order valence-electron chi connectivity index (χ3n) is 2.66. The summed E-state index contributed by atoms with van der Waals surface area (Å²) in [5.41, 5.74) is 0.468. The molecule has 0 aromatic carbocycles. The monoisotopic (exact) mass is 199 g/mol. The molecule has 1 aliphatic heterocycles. The molecule has 0 amide bonds. The summed E-state index contributed by atoms with van der Waals surface area (Å²) in [5, 5.41) is 0. The number of ether oxygens (including phenoxy) is 1. The van der Waals surface area contributed by atoms with Crippen LogP contribution in [0.4, 0.5) is 0 Å². The van der Waals surface area contributed by atoms with Gasteiger partial charge < -0.3 is 4.74 Å². The molecule has 0 spiro atoms. The van der Waals surface area contributed by atoms with Gasteiger partial charge in [-0.2, -0.15) is 0 Å². The maximum absolute atomic E-state index is 5.65. The van der Waals surface area contributed by atoms with Crippen molar-refractivity contribution in [1.29, 1.82) is 0 Å². The van der Waals surface area contributed by atoms with Gasteiger partial charge in [0.05, 0.1) is 6.10 Å². The maximum atomic E-state index is 5.65. The zero-order valence-corrected chi connectivity index (χ0v) is 10.2. The van der Waals surface area contributed by atoms with Crippen LogP contribution in [0.3, 0.4) is 0 Å². The molecule has 0 atom stereocenters. The lowest BCUT2D eigenvalue weighted by molar-refractivity contribution is -0.0565. The summed E-state index contributed by atoms with van der Waals surface area (Å²) in [4.78, 5) is 2.49. The first-order valence-electron chi connectivity index (χ1n) is 5.85. The van der Waals surface area contributed by atoms with Crippen LogP contribution in [0, 0.1) is 5.41 Å². The van der Waals surface area contributed by atoms with Gasteiger partial charge in [-0.3, -0.25) is 4.90 Å². The van der Waals surface area contributed by atoms with E-state index in [9.17, 15) is 0 Å². The number of hydrogen-bond acceptors (Lipinski definition) is 2. The minimum Gasteiger partial charge on any atom is -0.376 e. The van der Waals surface area contributed by atoms with Gasteiger partial charge in [-0.25, -0.2) is 0 Å². The van der Waals surface area contributed by atoms with Crippen LogP contribution in [0.2, 0.25) is 0 Å². The van der Waals surface area contributed by atoms with Gasteiger partial charge in [-0.05, 0) is 24.8 Å². The van der Waals surface area contributed by atoms with Crippen molar-refractivity contribution < 1.29 is 4.74 Å². The van der Waals surface area contributed by atoms with Crippen molar-refractivity contribution in [3.05, 3.63) is 0 Å². The van der Waals surface area contributed by atoms with E-state index in [0.29, 0.717) is 11.5 Å². The molecule has 14 heavy (non-hydrogen) atoms. The SMILES string of the molecule is CCCOC1CN(CCC(C)(C)C)C1. The molecular formula is C12H25NO. The first kappa shape index (κ1) is 12.0. The molecule has 1 saturated heterocycles. The van der Waals surface area contributed by atoms with Crippen LogP contribution in [0.15, 0.2) is 0 Å². The summed E-state index contributed by atoms with van der Waals surface area (Å²) in [5.74, 6) is 0. The molecule has 0 N–H and O–H groups in total. The Bertz CT molecular complexity index is 156. The Labute approximate surface area is 88.6 Å². The maximum Gasteiger partial charge on any atom is 0.0828 e. The molecule has 0 aliphatic carbocycles. The van der Waals surface area contributed by atoms with Gasteiger partial charge in [0.2, 0.25) is 0 Å². The third kappa shape index (κ3) is 4.43. The van der Waals surface area contributed by atoms with Gasteiger partial charge in [-0.15, -0.1) is 0 Å². The summed E-state index contributed by atoms with van der Waals surface area (Å²) in [7, 11) is 0. The highest BCUT2D eigenvalue weighted by atomic mass is 16.5. The van der Waals surface area contributed by atoms with E-state index in [-0.39, 0.29) is 0 Å². The quantitative estimate of drug-likeness (QED) is 0.674. The number of hydrogen-bond donors (Lipinski definition) is 0. The largest absolute Gasteiger partial charge is 0.376 e. The highest BCUT2D eigenvalue weighted by Crippen LogP contribution is 2.21. The van der Waals surface area contributed by atoms with Gasteiger partial charge in [0, 0.05) is 19.7 Å². The van der Waals surface area contributed by atoms with Crippen LogP contribution in [0.5, 0.6) is 0 Å². The molecule has 0 aromatic rings. The molecule has 0 bridgehead atoms. The second-order valence-electron chi connectivity index (χ2n) is 5.56. The van der Waals surface area contributed by atoms with E-state index < -0.39 is 0 Å². The second kappa shape index (κ2) is 5.13. The summed E-state index contributed by atoms with van der Waals surface area (Å²) in [6.07, 6.45) is 2.95. The van der Waals surface area contributed by atoms with Crippen molar-refractivity contribution in [3.63, 3.8) is 0 Å². The fraction of sp³-hybridized carbons (Fsp3) is 1.00. The van der Waals surface area contributed by atoms with Crippen molar-refractivity contribution in [3.8, 4) is 0 Å². The molecule has 0 aromatic heterocycles. The normalized spacial score (nSPS) is 19.7. The van der Waals surface area contributed by atoms with Crippen molar-refractivity contribution in [2.75, 3.05) is 26.2 Å². The fourth-order valence-electron chi connectivity index (χ4n) is 1.59. The van der Waals surface area contributed by atoms with E-state index in [0.717, 1.165) is 26.1 Å². The molecule has 2 heteroatoms. The number of likely N-dealkylation sites (tertiary alicyclic amines) is 1. The van der Waals surface area contributed by atoms with E-state index in [2.05, 4.69) is 32.6 Å². The molecule has 1 aliphatic rings. The Balaban J connectivity index is 1.99. The Morgan fingerprint density at radius 3 is 2.43 bits per heavy atom. The van der Waals surface area contributed by atoms with E-state index in [4.69, 9.17) is 4.74 Å². The number of rotatable bonds is 5. The van der Waals surface area contributed by atoms with Crippen molar-refractivity contribution >= 4 is 0 Å². The highest BCUT2D eigenvalue weighted by molar-refractivity contribution is 4.81. The smallest absolute Gasteiger partial charge is 0.0828 e. The molecule has 2 nitrogen and oxygen atoms in total.